The quantitative estimate of drug-likeness (QED) is 0.231. The maximum atomic E-state index is 14.1. The molecule has 0 aromatic heterocycles. The van der Waals surface area contributed by atoms with Gasteiger partial charge in [0.1, 0.15) is 45.3 Å². The molecule has 0 radical (unpaired) electrons. The first-order valence-electron chi connectivity index (χ1n) is 15.1. The van der Waals surface area contributed by atoms with Crippen LogP contribution in [0, 0.1) is 0 Å². The second-order valence-electron chi connectivity index (χ2n) is 12.9. The molecule has 45 heavy (non-hydrogen) atoms. The van der Waals surface area contributed by atoms with Crippen molar-refractivity contribution in [3.05, 3.63) is 107 Å². The lowest BCUT2D eigenvalue weighted by Gasteiger charge is -2.37. The number of phenolic OH excluding ortho intramolecular Hbond substituents is 1. The van der Waals surface area contributed by atoms with Crippen LogP contribution in [-0.2, 0) is 14.9 Å². The minimum atomic E-state index is -0.909. The van der Waals surface area contributed by atoms with Gasteiger partial charge in [-0.05, 0) is 98.0 Å². The minimum absolute atomic E-state index is 0.173. The van der Waals surface area contributed by atoms with Gasteiger partial charge < -0.3 is 24.1 Å². The average molecular weight is 609 g/mol. The molecular formula is C38H40O7. The molecular weight excluding hydrogens is 568 g/mol. The van der Waals surface area contributed by atoms with E-state index in [4.69, 9.17) is 18.9 Å². The molecule has 4 aromatic rings. The largest absolute Gasteiger partial charge is 0.508 e. The van der Waals surface area contributed by atoms with Gasteiger partial charge in [0.15, 0.2) is 0 Å². The molecule has 0 amide bonds. The zero-order valence-electron chi connectivity index (χ0n) is 26.9. The first-order valence-corrected chi connectivity index (χ1v) is 15.1. The third kappa shape index (κ3) is 6.68. The zero-order chi connectivity index (χ0) is 32.6. The van der Waals surface area contributed by atoms with Crippen molar-refractivity contribution < 1.29 is 33.6 Å². The summed E-state index contributed by atoms with van der Waals surface area (Å²) in [6.07, 6.45) is 1.12. The van der Waals surface area contributed by atoms with Gasteiger partial charge >= 0.3 is 11.9 Å². The SMILES string of the molecule is CCC1(C)CC(C)(C)OC(=O)c2cc(C(C)(C)c3ccc(O)cc3)ccc2Oc2ccc(cc2C(=O)OC)-c2ccc(cc2)O1. The van der Waals surface area contributed by atoms with E-state index in [1.165, 1.54) is 7.11 Å². The van der Waals surface area contributed by atoms with Crippen LogP contribution in [0.5, 0.6) is 23.0 Å². The van der Waals surface area contributed by atoms with E-state index in [1.54, 1.807) is 36.4 Å². The number of benzene rings is 4. The minimum Gasteiger partial charge on any atom is -0.508 e. The van der Waals surface area contributed by atoms with Gasteiger partial charge in [0.25, 0.3) is 0 Å². The molecule has 1 unspecified atom stereocenters. The van der Waals surface area contributed by atoms with Crippen LogP contribution < -0.4 is 9.47 Å². The number of ether oxygens (including phenoxy) is 4. The smallest absolute Gasteiger partial charge is 0.342 e. The number of carbonyl (C=O) groups is 2. The third-order valence-electron chi connectivity index (χ3n) is 8.58. The topological polar surface area (TPSA) is 91.3 Å². The van der Waals surface area contributed by atoms with Crippen LogP contribution in [0.2, 0.25) is 0 Å². The summed E-state index contributed by atoms with van der Waals surface area (Å²) < 4.78 is 24.2. The van der Waals surface area contributed by atoms with Crippen LogP contribution in [-0.4, -0.2) is 35.4 Å². The number of rotatable bonds is 4. The number of hydrogen-bond donors (Lipinski definition) is 1. The van der Waals surface area contributed by atoms with Gasteiger partial charge in [-0.25, -0.2) is 9.59 Å². The predicted octanol–water partition coefficient (Wildman–Crippen LogP) is 8.85. The number of fused-ring (bicyclic) bond motifs is 2. The molecule has 0 fully saturated rings. The van der Waals surface area contributed by atoms with Crippen molar-refractivity contribution in [3.63, 3.8) is 0 Å². The molecule has 3 aliphatic rings. The van der Waals surface area contributed by atoms with E-state index in [9.17, 15) is 14.7 Å². The Morgan fingerprint density at radius 3 is 2.11 bits per heavy atom. The summed E-state index contributed by atoms with van der Waals surface area (Å²) in [7, 11) is 1.32. The number of esters is 2. The Kier molecular flexibility index (Phi) is 8.41. The number of phenols is 1. The summed E-state index contributed by atoms with van der Waals surface area (Å²) in [4.78, 5) is 27.1. The molecule has 3 heterocycles. The summed E-state index contributed by atoms with van der Waals surface area (Å²) in [5.74, 6) is 0.204. The normalized spacial score (nSPS) is 17.8. The summed E-state index contributed by atoms with van der Waals surface area (Å²) in [6, 6.07) is 25.3. The van der Waals surface area contributed by atoms with Crippen LogP contribution in [0.1, 0.15) is 86.2 Å². The standard InChI is InChI=1S/C38H40O7/c1-8-38(6)23-36(2,3)45-35(41)31-22-27(37(4,5)26-12-15-28(39)16-13-26)14-20-33(31)43-32-19-11-25(21-30(32)34(40)42-7)24-9-17-29(44-38)18-10-24/h9-22,39H,8,23H2,1-7H3. The molecule has 1 atom stereocenters. The van der Waals surface area contributed by atoms with Crippen molar-refractivity contribution in [1.82, 2.24) is 0 Å². The number of methoxy groups -OCH3 is 1. The van der Waals surface area contributed by atoms with Crippen LogP contribution >= 0.6 is 0 Å². The van der Waals surface area contributed by atoms with Crippen molar-refractivity contribution in [2.24, 2.45) is 0 Å². The fourth-order valence-corrected chi connectivity index (χ4v) is 5.87. The molecule has 7 rings (SSSR count). The molecule has 3 aliphatic heterocycles. The van der Waals surface area contributed by atoms with Crippen molar-refractivity contribution >= 4 is 11.9 Å². The van der Waals surface area contributed by atoms with Gasteiger partial charge in [-0.15, -0.1) is 0 Å². The maximum Gasteiger partial charge on any atom is 0.342 e. The molecule has 1 N–H and O–H groups in total. The van der Waals surface area contributed by atoms with E-state index in [1.807, 2.05) is 90.1 Å². The zero-order valence-corrected chi connectivity index (χ0v) is 26.9. The van der Waals surface area contributed by atoms with Gasteiger partial charge in [0, 0.05) is 11.8 Å². The van der Waals surface area contributed by atoms with Crippen LogP contribution in [0.4, 0.5) is 0 Å². The van der Waals surface area contributed by atoms with E-state index in [0.717, 1.165) is 22.3 Å². The van der Waals surface area contributed by atoms with Crippen molar-refractivity contribution in [2.75, 3.05) is 7.11 Å². The van der Waals surface area contributed by atoms with E-state index >= 15 is 0 Å². The number of hydrogen-bond acceptors (Lipinski definition) is 7. The lowest BCUT2D eigenvalue weighted by atomic mass is 9.77. The van der Waals surface area contributed by atoms with Crippen molar-refractivity contribution in [3.8, 4) is 34.1 Å². The molecule has 0 saturated heterocycles. The lowest BCUT2D eigenvalue weighted by Crippen LogP contribution is -2.42. The first-order chi connectivity index (χ1) is 21.2. The summed E-state index contributed by atoms with van der Waals surface area (Å²) in [5.41, 5.74) is 1.83. The fraction of sp³-hybridized carbons (Fsp3) is 0.316. The first kappa shape index (κ1) is 31.6. The second kappa shape index (κ2) is 12.0. The Labute approximate surface area is 264 Å². The summed E-state index contributed by atoms with van der Waals surface area (Å²) in [5, 5.41) is 9.85. The van der Waals surface area contributed by atoms with Crippen molar-refractivity contribution in [1.29, 1.82) is 0 Å². The highest BCUT2D eigenvalue weighted by atomic mass is 16.6. The summed E-state index contributed by atoms with van der Waals surface area (Å²) in [6.45, 7) is 11.9. The van der Waals surface area contributed by atoms with Gasteiger partial charge in [-0.1, -0.05) is 57.2 Å². The van der Waals surface area contributed by atoms with Gasteiger partial charge in [-0.2, -0.15) is 0 Å². The Morgan fingerprint density at radius 1 is 0.844 bits per heavy atom. The van der Waals surface area contributed by atoms with Crippen LogP contribution in [0.3, 0.4) is 0 Å². The number of aromatic hydroxyl groups is 1. The van der Waals surface area contributed by atoms with E-state index in [-0.39, 0.29) is 28.4 Å². The highest BCUT2D eigenvalue weighted by Crippen LogP contribution is 2.39. The highest BCUT2D eigenvalue weighted by Gasteiger charge is 2.37. The Morgan fingerprint density at radius 2 is 1.47 bits per heavy atom. The summed E-state index contributed by atoms with van der Waals surface area (Å²) >= 11 is 0. The molecule has 0 saturated carbocycles. The third-order valence-corrected chi connectivity index (χ3v) is 8.58. The molecule has 4 aromatic carbocycles. The average Bonchev–Trinajstić information content (AvgIpc) is 3.00. The van der Waals surface area contributed by atoms with E-state index < -0.39 is 28.6 Å². The van der Waals surface area contributed by atoms with E-state index in [0.29, 0.717) is 18.6 Å². The van der Waals surface area contributed by atoms with Crippen LogP contribution in [0.15, 0.2) is 84.9 Å². The highest BCUT2D eigenvalue weighted by molar-refractivity contribution is 5.95. The van der Waals surface area contributed by atoms with Crippen LogP contribution in [0.25, 0.3) is 11.1 Å². The van der Waals surface area contributed by atoms with Gasteiger partial charge in [-0.3, -0.25) is 0 Å². The Bertz CT molecular complexity index is 1720. The maximum absolute atomic E-state index is 14.1. The molecule has 7 nitrogen and oxygen atoms in total. The number of carbonyl (C=O) groups excluding carboxylic acids is 2. The van der Waals surface area contributed by atoms with Gasteiger partial charge in [0.2, 0.25) is 0 Å². The van der Waals surface area contributed by atoms with Crippen molar-refractivity contribution in [2.45, 2.75) is 71.0 Å². The fourth-order valence-electron chi connectivity index (χ4n) is 5.87. The Hall–Kier alpha value is -4.78. The monoisotopic (exact) mass is 608 g/mol. The molecule has 7 heteroatoms. The van der Waals surface area contributed by atoms with Gasteiger partial charge in [0.05, 0.1) is 7.11 Å². The molecule has 0 spiro atoms. The van der Waals surface area contributed by atoms with E-state index in [2.05, 4.69) is 0 Å². The second-order valence-corrected chi connectivity index (χ2v) is 12.9. The molecule has 234 valence electrons. The Balaban J connectivity index is 1.68. The predicted molar refractivity (Wildman–Crippen MR) is 173 cm³/mol. The molecule has 0 aliphatic carbocycles. The lowest BCUT2D eigenvalue weighted by molar-refractivity contribution is -0.0453. The molecule has 4 bridgehead atoms.